The van der Waals surface area contributed by atoms with Gasteiger partial charge in [-0.3, -0.25) is 4.79 Å². The summed E-state index contributed by atoms with van der Waals surface area (Å²) in [5.74, 6) is -0.268. The molecule has 0 aromatic heterocycles. The minimum absolute atomic E-state index is 0.268. The molecule has 94 valence electrons. The van der Waals surface area contributed by atoms with Gasteiger partial charge in [-0.25, -0.2) is 0 Å². The number of amides is 1. The minimum atomic E-state index is -0.268. The van der Waals surface area contributed by atoms with E-state index < -0.39 is 0 Å². The van der Waals surface area contributed by atoms with Gasteiger partial charge in [-0.2, -0.15) is 5.26 Å². The number of nitriles is 1. The van der Waals surface area contributed by atoms with E-state index in [1.54, 1.807) is 30.3 Å². The highest BCUT2D eigenvalue weighted by atomic mass is 127. The van der Waals surface area contributed by atoms with Gasteiger partial charge in [-0.05, 0) is 65.1 Å². The van der Waals surface area contributed by atoms with Crippen molar-refractivity contribution in [1.29, 1.82) is 5.26 Å². The molecular weight excluding hydrogens is 375 g/mol. The summed E-state index contributed by atoms with van der Waals surface area (Å²) in [4.78, 5) is 12.0. The highest BCUT2D eigenvalue weighted by Gasteiger charge is 2.09. The summed E-state index contributed by atoms with van der Waals surface area (Å²) in [5.41, 5.74) is 1.33. The maximum atomic E-state index is 12.0. The molecule has 0 radical (unpaired) electrons. The van der Waals surface area contributed by atoms with Crippen LogP contribution in [0.1, 0.15) is 15.9 Å². The minimum Gasteiger partial charge on any atom is -0.321 e. The van der Waals surface area contributed by atoms with E-state index in [2.05, 4.69) is 27.9 Å². The van der Waals surface area contributed by atoms with Gasteiger partial charge < -0.3 is 5.32 Å². The third kappa shape index (κ3) is 3.46. The summed E-state index contributed by atoms with van der Waals surface area (Å²) < 4.78 is 1.05. The summed E-state index contributed by atoms with van der Waals surface area (Å²) in [6.07, 6.45) is 0. The molecule has 0 unspecified atom stereocenters. The number of halogens is 2. The second kappa shape index (κ2) is 6.04. The van der Waals surface area contributed by atoms with Gasteiger partial charge in [-0.1, -0.05) is 11.6 Å². The Labute approximate surface area is 129 Å². The summed E-state index contributed by atoms with van der Waals surface area (Å²) >= 11 is 8.03. The maximum absolute atomic E-state index is 12.0. The molecule has 3 nitrogen and oxygen atoms in total. The fraction of sp³-hybridized carbons (Fsp3) is 0. The Morgan fingerprint density at radius 1 is 1.21 bits per heavy atom. The maximum Gasteiger partial charge on any atom is 0.255 e. The van der Waals surface area contributed by atoms with E-state index in [1.807, 2.05) is 18.2 Å². The quantitative estimate of drug-likeness (QED) is 0.796. The largest absolute Gasteiger partial charge is 0.321 e. The van der Waals surface area contributed by atoms with Crippen molar-refractivity contribution in [3.05, 3.63) is 62.2 Å². The molecule has 1 amide bonds. The summed E-state index contributed by atoms with van der Waals surface area (Å²) in [6, 6.07) is 13.9. The molecule has 0 aliphatic rings. The van der Waals surface area contributed by atoms with Gasteiger partial charge in [0.15, 0.2) is 0 Å². The SMILES string of the molecule is N#Cc1ccc(Cl)cc1NC(=O)c1ccc(I)cc1. The van der Waals surface area contributed by atoms with Gasteiger partial charge in [-0.15, -0.1) is 0 Å². The van der Waals surface area contributed by atoms with E-state index >= 15 is 0 Å². The number of benzene rings is 2. The molecule has 2 aromatic rings. The normalized spacial score (nSPS) is 9.74. The zero-order chi connectivity index (χ0) is 13.8. The Morgan fingerprint density at radius 2 is 1.89 bits per heavy atom. The summed E-state index contributed by atoms with van der Waals surface area (Å²) in [7, 11) is 0. The highest BCUT2D eigenvalue weighted by Crippen LogP contribution is 2.21. The van der Waals surface area contributed by atoms with Crippen LogP contribution in [0, 0.1) is 14.9 Å². The fourth-order valence-electron chi connectivity index (χ4n) is 1.51. The monoisotopic (exact) mass is 382 g/mol. The molecule has 2 rings (SSSR count). The van der Waals surface area contributed by atoms with Crippen LogP contribution in [0.25, 0.3) is 0 Å². The first-order valence-corrected chi connectivity index (χ1v) is 6.82. The van der Waals surface area contributed by atoms with Crippen molar-refractivity contribution >= 4 is 45.8 Å². The molecule has 5 heteroatoms. The van der Waals surface area contributed by atoms with Gasteiger partial charge in [0, 0.05) is 14.2 Å². The molecular formula is C14H8ClIN2O. The highest BCUT2D eigenvalue weighted by molar-refractivity contribution is 14.1. The topological polar surface area (TPSA) is 52.9 Å². The van der Waals surface area contributed by atoms with Gasteiger partial charge in [0.05, 0.1) is 11.3 Å². The first kappa shape index (κ1) is 13.8. The number of nitrogens with zero attached hydrogens (tertiary/aromatic N) is 1. The van der Waals surface area contributed by atoms with Crippen LogP contribution in [-0.4, -0.2) is 5.91 Å². The summed E-state index contributed by atoms with van der Waals surface area (Å²) in [6.45, 7) is 0. The van der Waals surface area contributed by atoms with Crippen molar-refractivity contribution in [2.24, 2.45) is 0 Å². The lowest BCUT2D eigenvalue weighted by Crippen LogP contribution is -2.12. The van der Waals surface area contributed by atoms with E-state index in [1.165, 1.54) is 0 Å². The zero-order valence-electron chi connectivity index (χ0n) is 9.65. The van der Waals surface area contributed by atoms with E-state index in [0.717, 1.165) is 3.57 Å². The second-order valence-corrected chi connectivity index (χ2v) is 5.44. The third-order valence-electron chi connectivity index (χ3n) is 2.46. The molecule has 0 aliphatic carbocycles. The van der Waals surface area contributed by atoms with Crippen LogP contribution in [0.4, 0.5) is 5.69 Å². The summed E-state index contributed by atoms with van der Waals surface area (Å²) in [5, 5.41) is 12.1. The third-order valence-corrected chi connectivity index (χ3v) is 3.41. The zero-order valence-corrected chi connectivity index (χ0v) is 12.6. The standard InChI is InChI=1S/C14H8ClIN2O/c15-11-4-1-10(8-17)13(7-11)18-14(19)9-2-5-12(16)6-3-9/h1-7H,(H,18,19). The average Bonchev–Trinajstić information content (AvgIpc) is 2.39. The number of hydrogen-bond donors (Lipinski definition) is 1. The molecule has 0 spiro atoms. The molecule has 19 heavy (non-hydrogen) atoms. The lowest BCUT2D eigenvalue weighted by atomic mass is 10.1. The molecule has 0 saturated carbocycles. The van der Waals surface area contributed by atoms with Crippen LogP contribution in [0.2, 0.25) is 5.02 Å². The first-order chi connectivity index (χ1) is 9.10. The number of carbonyl (C=O) groups is 1. The molecule has 0 aliphatic heterocycles. The number of carbonyl (C=O) groups excluding carboxylic acids is 1. The second-order valence-electron chi connectivity index (χ2n) is 3.76. The van der Waals surface area contributed by atoms with Crippen LogP contribution < -0.4 is 5.32 Å². The Balaban J connectivity index is 2.26. The van der Waals surface area contributed by atoms with Crippen molar-refractivity contribution < 1.29 is 4.79 Å². The van der Waals surface area contributed by atoms with Gasteiger partial charge in [0.2, 0.25) is 0 Å². The van der Waals surface area contributed by atoms with Crippen LogP contribution in [0.5, 0.6) is 0 Å². The Hall–Kier alpha value is -1.58. The molecule has 0 fully saturated rings. The van der Waals surface area contributed by atoms with Gasteiger partial charge >= 0.3 is 0 Å². The predicted molar refractivity (Wildman–Crippen MR) is 83.3 cm³/mol. The van der Waals surface area contributed by atoms with Gasteiger partial charge in [0.1, 0.15) is 6.07 Å². The Bertz CT molecular complexity index is 662. The van der Waals surface area contributed by atoms with Crippen LogP contribution in [0.15, 0.2) is 42.5 Å². The van der Waals surface area contributed by atoms with E-state index in [9.17, 15) is 4.79 Å². The van der Waals surface area contributed by atoms with Crippen LogP contribution in [0.3, 0.4) is 0 Å². The number of hydrogen-bond acceptors (Lipinski definition) is 2. The Morgan fingerprint density at radius 3 is 2.53 bits per heavy atom. The lowest BCUT2D eigenvalue weighted by molar-refractivity contribution is 0.102. The molecule has 0 atom stereocenters. The molecule has 0 saturated heterocycles. The molecule has 0 bridgehead atoms. The predicted octanol–water partition coefficient (Wildman–Crippen LogP) is 4.07. The first-order valence-electron chi connectivity index (χ1n) is 5.37. The molecule has 0 heterocycles. The van der Waals surface area contributed by atoms with Crippen molar-refractivity contribution in [3.8, 4) is 6.07 Å². The molecule has 2 aromatic carbocycles. The number of rotatable bonds is 2. The lowest BCUT2D eigenvalue weighted by Gasteiger charge is -2.07. The van der Waals surface area contributed by atoms with Crippen molar-refractivity contribution in [2.45, 2.75) is 0 Å². The Kier molecular flexibility index (Phi) is 4.40. The van der Waals surface area contributed by atoms with Crippen LogP contribution >= 0.6 is 34.2 Å². The van der Waals surface area contributed by atoms with Crippen molar-refractivity contribution in [3.63, 3.8) is 0 Å². The van der Waals surface area contributed by atoms with E-state index in [-0.39, 0.29) is 5.91 Å². The van der Waals surface area contributed by atoms with Crippen LogP contribution in [-0.2, 0) is 0 Å². The van der Waals surface area contributed by atoms with E-state index in [0.29, 0.717) is 21.8 Å². The van der Waals surface area contributed by atoms with Crippen molar-refractivity contribution in [2.75, 3.05) is 5.32 Å². The number of nitrogens with one attached hydrogen (secondary N) is 1. The average molecular weight is 383 g/mol. The number of anilines is 1. The fourth-order valence-corrected chi connectivity index (χ4v) is 2.04. The molecule has 1 N–H and O–H groups in total. The smallest absolute Gasteiger partial charge is 0.255 e. The van der Waals surface area contributed by atoms with E-state index in [4.69, 9.17) is 16.9 Å². The van der Waals surface area contributed by atoms with Gasteiger partial charge in [0.25, 0.3) is 5.91 Å². The van der Waals surface area contributed by atoms with Crippen molar-refractivity contribution in [1.82, 2.24) is 0 Å².